The minimum atomic E-state index is -4.56. The Labute approximate surface area is 804 Å². The molecule has 6 unspecified atom stereocenters. The number of carbonyl (C=O) groups is 6. The molecule has 6 amide bonds. The number of carbonyl (C=O) groups excluding carboxylic acids is 6. The normalized spacial score (nSPS) is 26.2. The van der Waals surface area contributed by atoms with Crippen LogP contribution in [0, 0.1) is 158 Å². The van der Waals surface area contributed by atoms with Gasteiger partial charge in [0.1, 0.15) is 46.5 Å². The Bertz CT molecular complexity index is 6830. The van der Waals surface area contributed by atoms with Crippen LogP contribution in [0.3, 0.4) is 0 Å². The van der Waals surface area contributed by atoms with E-state index >= 15 is 0 Å². The lowest BCUT2D eigenvalue weighted by molar-refractivity contribution is -0.139. The molecule has 12 aromatic heterocycles. The van der Waals surface area contributed by atoms with Gasteiger partial charge >= 0.3 is 6.18 Å². The zero-order valence-electron chi connectivity index (χ0n) is 81.7. The number of aryl methyl sites for hydroxylation is 5. The molecule has 12 aliphatic rings. The maximum Gasteiger partial charge on any atom is 0.435 e. The molecule has 0 bridgehead atoms. The Morgan fingerprint density at radius 3 is 1.19 bits per heavy atom. The highest BCUT2D eigenvalue weighted by Crippen LogP contribution is 2.54. The fourth-order valence-corrected chi connectivity index (χ4v) is 23.6. The van der Waals surface area contributed by atoms with Crippen molar-refractivity contribution in [2.45, 2.75) is 157 Å². The van der Waals surface area contributed by atoms with Gasteiger partial charge in [-0.05, 0) is 333 Å². The van der Waals surface area contributed by atoms with Gasteiger partial charge in [-0.1, -0.05) is 18.2 Å². The monoisotopic (exact) mass is 1900 g/mol. The SMILES string of the molecule is CC(C)(NC(=O)C1[C@H]2CNC[C@@H]12)c1nc(C#N)c2ccccn12.CC(C)(NC(=O)C1[C@H]2CNC[C@@H]12)c1ncc2c(F)cccn12.CC(C)(NC(=O)C1[C@H]2CNC[C@@H]12)c1ncc2cnccn12.Cc1cc2nc(C)ccc2c(C(C)(C)NC(=O)C2[C@H]3CNC[C@@H]23)n1.Cc1cccn2c(C(C)(C)NC(=O)C3[C@H]4CNC[C@@H]34)nc(C(F)(F)F)c12.Cc1cccn2c(C(C)(C)NC(=O)C3[C@H]4CNC[C@@H]34)nc(C)c12. The van der Waals surface area contributed by atoms with Crippen LogP contribution < -0.4 is 63.8 Å². The molecule has 0 spiro atoms. The second-order valence-electron chi connectivity index (χ2n) is 43.5. The molecule has 6 aliphatic carbocycles. The molecule has 6 saturated heterocycles. The number of nitrogens with one attached hydrogen (secondary N) is 12. The number of aromatic nitrogens is 13. The van der Waals surface area contributed by atoms with Crippen molar-refractivity contribution in [3.63, 3.8) is 0 Å². The van der Waals surface area contributed by atoms with Gasteiger partial charge in [-0.2, -0.15) is 18.4 Å². The minimum absolute atomic E-state index is 0.0322. The molecule has 6 aliphatic heterocycles. The Hall–Kier alpha value is -12.3. The summed E-state index contributed by atoms with van der Waals surface area (Å²) < 4.78 is 63.4. The summed E-state index contributed by atoms with van der Waals surface area (Å²) in [6, 6.07) is 24.3. The fourth-order valence-electron chi connectivity index (χ4n) is 23.6. The highest BCUT2D eigenvalue weighted by atomic mass is 19.4. The van der Waals surface area contributed by atoms with E-state index in [2.05, 4.69) is 123 Å². The van der Waals surface area contributed by atoms with E-state index in [1.165, 1.54) is 22.2 Å². The van der Waals surface area contributed by atoms with E-state index in [0.29, 0.717) is 99.4 Å². The summed E-state index contributed by atoms with van der Waals surface area (Å²) in [5.74, 6) is 9.97. The summed E-state index contributed by atoms with van der Waals surface area (Å²) >= 11 is 0. The van der Waals surface area contributed by atoms with Gasteiger partial charge in [-0.3, -0.25) is 52.5 Å². The lowest BCUT2D eigenvalue weighted by atomic mass is 9.95. The van der Waals surface area contributed by atoms with Crippen LogP contribution in [0.15, 0.2) is 129 Å². The van der Waals surface area contributed by atoms with E-state index in [1.54, 1.807) is 74.4 Å². The average Bonchev–Trinajstić information content (AvgIpc) is 1.62. The summed E-state index contributed by atoms with van der Waals surface area (Å²) in [6.45, 7) is 44.1. The number of imidazole rings is 5. The molecule has 12 N–H and O–H groups in total. The summed E-state index contributed by atoms with van der Waals surface area (Å²) in [6.07, 6.45) is 11.3. The molecule has 0 aromatic carbocycles. The summed E-state index contributed by atoms with van der Waals surface area (Å²) in [5.41, 5.74) is 5.35. The number of hydrogen-bond donors (Lipinski definition) is 12. The number of piperidine rings is 6. The maximum atomic E-state index is 13.8. The molecule has 732 valence electrons. The fraction of sp³-hybridized carbons (Fsp3) is 0.524. The van der Waals surface area contributed by atoms with E-state index in [9.17, 15) is 51.6 Å². The van der Waals surface area contributed by atoms with Crippen molar-refractivity contribution < 1.29 is 46.3 Å². The molecular weight excluding hydrogens is 1770 g/mol. The topological polar surface area (TPSA) is 396 Å². The number of hydrogen-bond acceptors (Lipinski definition) is 21. The molecule has 18 heterocycles. The highest BCUT2D eigenvalue weighted by Gasteiger charge is 2.63. The van der Waals surface area contributed by atoms with Crippen LogP contribution in [0.25, 0.3) is 38.5 Å². The smallest absolute Gasteiger partial charge is 0.345 e. The van der Waals surface area contributed by atoms with E-state index in [1.807, 2.05) is 154 Å². The number of rotatable bonds is 18. The van der Waals surface area contributed by atoms with E-state index in [-0.39, 0.29) is 88.1 Å². The maximum absolute atomic E-state index is 13.8. The van der Waals surface area contributed by atoms with E-state index in [4.69, 9.17) is 9.97 Å². The molecule has 6 saturated carbocycles. The van der Waals surface area contributed by atoms with Gasteiger partial charge in [0.05, 0.1) is 90.8 Å². The molecule has 32 nitrogen and oxygen atoms in total. The first kappa shape index (κ1) is 95.6. The number of halogens is 4. The molecule has 12 fully saturated rings. The molecule has 18 atom stereocenters. The second kappa shape index (κ2) is 35.8. The van der Waals surface area contributed by atoms with Crippen LogP contribution in [0.4, 0.5) is 17.6 Å². The standard InChI is InChI=1S/C19H24N4O.C18H21F3N4O.C18H24N4O.C17H19N5O.C16H19FN4O.C15H19N5O/c1-10-5-6-12-15(21-10)7-11(2)22-17(12)19(3,4)23-18(24)16-13-8-20-9-14(13)16;1-9-5-4-6-25-13(9)14(18(19,20)21)23-16(25)17(2,3)24-15(26)12-10-7-22-8-11(10)12;1-10-6-5-7-22-15(10)11(2)20-17(22)18(3,4)21-16(23)14-12-8-19-9-13(12)14;1-17(2,21-15(23)14-10-8-19-9-11(10)14)16-20-12(7-18)13-5-3-4-6-22(13)16;1-16(2,20-14(22)13-9-6-18-7-10(9)13)15-19-8-12-11(17)4-3-5-21(12)15;1-15(2,14-18-6-9-5-16-3-4-20(9)14)19-13(21)12-10-7-17-8-11(10)12/h5-7,13-14,16,20H,8-9H2,1-4H3,(H,23,24);4-6,10-12,22H,7-8H2,1-3H3,(H,24,26);5-7,12-14,19H,8-9H2,1-4H3,(H,21,23);3-6,10-11,14,19H,8-9H2,1-2H3,(H,21,23);3-5,8-10,13,18H,6-7H2,1-2H3,(H,20,22);3-6,10-12,17H,7-8H2,1-2H3,(H,19,21)/t13-,14+,16?;10-,11+,12?;12-,13+,14?;10-,11+,14?;9-,10+,13?;10-,11+,12?. The van der Waals surface area contributed by atoms with Crippen molar-refractivity contribution >= 4 is 73.9 Å². The van der Waals surface area contributed by atoms with Crippen LogP contribution in [0.2, 0.25) is 0 Å². The van der Waals surface area contributed by atoms with Gasteiger partial charge in [0.15, 0.2) is 11.4 Å². The number of alkyl halides is 3. The quantitative estimate of drug-likeness (QED) is 0.0356. The predicted octanol–water partition coefficient (Wildman–Crippen LogP) is 9.17. The van der Waals surface area contributed by atoms with Gasteiger partial charge < -0.3 is 77.0 Å². The van der Waals surface area contributed by atoms with Crippen LogP contribution in [-0.4, -0.2) is 176 Å². The lowest BCUT2D eigenvalue weighted by Crippen LogP contribution is -2.44. The molecule has 36 heteroatoms. The van der Waals surface area contributed by atoms with Gasteiger partial charge in [-0.15, -0.1) is 0 Å². The number of fused-ring (bicyclic) bond motifs is 12. The van der Waals surface area contributed by atoms with Crippen molar-refractivity contribution in [1.29, 1.82) is 5.26 Å². The van der Waals surface area contributed by atoms with Crippen molar-refractivity contribution in [3.05, 3.63) is 209 Å². The first-order valence-electron chi connectivity index (χ1n) is 48.7. The second-order valence-corrected chi connectivity index (χ2v) is 43.5. The van der Waals surface area contributed by atoms with Gasteiger partial charge in [-0.25, -0.2) is 29.3 Å². The summed E-state index contributed by atoms with van der Waals surface area (Å²) in [7, 11) is 0. The van der Waals surface area contributed by atoms with Gasteiger partial charge in [0.2, 0.25) is 35.4 Å². The third-order valence-corrected chi connectivity index (χ3v) is 31.0. The minimum Gasteiger partial charge on any atom is -0.345 e. The third kappa shape index (κ3) is 18.3. The van der Waals surface area contributed by atoms with Gasteiger partial charge in [0.25, 0.3) is 0 Å². The molecule has 24 rings (SSSR count). The lowest BCUT2D eigenvalue weighted by Gasteiger charge is -2.28. The van der Waals surface area contributed by atoms with Crippen molar-refractivity contribution in [2.24, 2.45) is 107 Å². The van der Waals surface area contributed by atoms with Crippen LogP contribution in [0.5, 0.6) is 0 Å². The van der Waals surface area contributed by atoms with Crippen LogP contribution in [-0.2, 0) is 68.2 Å². The van der Waals surface area contributed by atoms with Gasteiger partial charge in [0, 0.05) is 89.5 Å². The number of nitrogens with zero attached hydrogens (tertiary/aromatic N) is 14. The Morgan fingerprint density at radius 2 is 0.748 bits per heavy atom. The third-order valence-electron chi connectivity index (χ3n) is 31.0. The zero-order chi connectivity index (χ0) is 98.6. The Balaban J connectivity index is 0.000000107. The predicted molar refractivity (Wildman–Crippen MR) is 514 cm³/mol. The Kier molecular flexibility index (Phi) is 24.6. The van der Waals surface area contributed by atoms with Crippen molar-refractivity contribution in [3.8, 4) is 6.07 Å². The largest absolute Gasteiger partial charge is 0.435 e. The molecule has 139 heavy (non-hydrogen) atoms. The summed E-state index contributed by atoms with van der Waals surface area (Å²) in [4.78, 5) is 111. The Morgan fingerprint density at radius 1 is 0.374 bits per heavy atom. The number of pyridine rings is 6. The van der Waals surface area contributed by atoms with Crippen molar-refractivity contribution in [1.82, 2.24) is 126 Å². The van der Waals surface area contributed by atoms with E-state index < -0.39 is 45.1 Å². The zero-order valence-corrected chi connectivity index (χ0v) is 81.7. The summed E-state index contributed by atoms with van der Waals surface area (Å²) in [5, 5.41) is 48.9. The number of amides is 6. The van der Waals surface area contributed by atoms with E-state index in [0.717, 1.165) is 140 Å². The molecular formula is C103H126F4N26O6. The van der Waals surface area contributed by atoms with Crippen LogP contribution >= 0.6 is 0 Å². The highest BCUT2D eigenvalue weighted by molar-refractivity contribution is 5.88. The first-order chi connectivity index (χ1) is 66.0. The molecule has 12 aromatic rings. The number of nitriles is 1. The van der Waals surface area contributed by atoms with Crippen LogP contribution in [0.1, 0.15) is 157 Å². The van der Waals surface area contributed by atoms with Crippen molar-refractivity contribution in [2.75, 3.05) is 78.5 Å². The first-order valence-corrected chi connectivity index (χ1v) is 48.7. The average molecular weight is 1900 g/mol. The molecule has 0 radical (unpaired) electrons.